The van der Waals surface area contributed by atoms with E-state index in [1.165, 1.54) is 0 Å². The minimum atomic E-state index is 0.101. The normalized spacial score (nSPS) is 25.3. The summed E-state index contributed by atoms with van der Waals surface area (Å²) in [5, 5.41) is 0. The third-order valence-electron chi connectivity index (χ3n) is 1.82. The third kappa shape index (κ3) is 2.10. The van der Waals surface area contributed by atoms with Crippen molar-refractivity contribution in [1.29, 1.82) is 0 Å². The Labute approximate surface area is 72.1 Å². The van der Waals surface area contributed by atoms with E-state index in [1.54, 1.807) is 0 Å². The molecule has 1 fully saturated rings. The van der Waals surface area contributed by atoms with Gasteiger partial charge in [0.05, 0.1) is 25.0 Å². The first-order valence-corrected chi connectivity index (χ1v) is 4.37. The fourth-order valence-electron chi connectivity index (χ4n) is 1.19. The van der Waals surface area contributed by atoms with Gasteiger partial charge in [0, 0.05) is 6.54 Å². The fraction of sp³-hybridized carbons (Fsp3) is 0.857. The average molecular weight is 175 g/mol. The number of morpholine rings is 1. The van der Waals surface area contributed by atoms with Gasteiger partial charge in [-0.15, -0.1) is 0 Å². The molecule has 0 aromatic heterocycles. The van der Waals surface area contributed by atoms with Crippen molar-refractivity contribution in [3.63, 3.8) is 0 Å². The van der Waals surface area contributed by atoms with Gasteiger partial charge in [0.1, 0.15) is 0 Å². The molecule has 0 aliphatic carbocycles. The van der Waals surface area contributed by atoms with Crippen molar-refractivity contribution in [2.24, 2.45) is 0 Å². The lowest BCUT2D eigenvalue weighted by Crippen LogP contribution is -2.47. The van der Waals surface area contributed by atoms with Gasteiger partial charge in [-0.25, -0.2) is 0 Å². The van der Waals surface area contributed by atoms with Crippen LogP contribution in [0.1, 0.15) is 6.92 Å². The molecule has 1 rings (SSSR count). The molecule has 64 valence electrons. The van der Waals surface area contributed by atoms with Gasteiger partial charge in [0.2, 0.25) is 5.91 Å². The van der Waals surface area contributed by atoms with Gasteiger partial charge in [-0.3, -0.25) is 4.79 Å². The van der Waals surface area contributed by atoms with E-state index in [1.807, 2.05) is 11.8 Å². The van der Waals surface area contributed by atoms with Gasteiger partial charge in [-0.1, -0.05) is 0 Å². The first-order chi connectivity index (χ1) is 5.25. The molecule has 1 atom stereocenters. The largest absolute Gasteiger partial charge is 0.377 e. The summed E-state index contributed by atoms with van der Waals surface area (Å²) in [5.41, 5.74) is 0. The summed E-state index contributed by atoms with van der Waals surface area (Å²) in [7, 11) is 0. The molecule has 0 bridgehead atoms. The fourth-order valence-corrected chi connectivity index (χ4v) is 1.37. The Balaban J connectivity index is 2.47. The van der Waals surface area contributed by atoms with Crippen molar-refractivity contribution in [3.8, 4) is 0 Å². The SMILES string of the molecule is CC1COCCN1C(=O)CS. The van der Waals surface area contributed by atoms with Gasteiger partial charge >= 0.3 is 0 Å². The Morgan fingerprint density at radius 1 is 1.82 bits per heavy atom. The molecule has 1 aliphatic heterocycles. The van der Waals surface area contributed by atoms with Crippen LogP contribution in [-0.4, -0.2) is 42.4 Å². The maximum absolute atomic E-state index is 11.2. The zero-order valence-electron chi connectivity index (χ0n) is 6.62. The van der Waals surface area contributed by atoms with Gasteiger partial charge in [0.15, 0.2) is 0 Å². The number of hydrogen-bond donors (Lipinski definition) is 1. The van der Waals surface area contributed by atoms with Crippen LogP contribution >= 0.6 is 12.6 Å². The molecule has 4 heteroatoms. The molecule has 11 heavy (non-hydrogen) atoms. The van der Waals surface area contributed by atoms with Crippen molar-refractivity contribution >= 4 is 18.5 Å². The lowest BCUT2D eigenvalue weighted by atomic mass is 10.2. The molecule has 0 radical (unpaired) electrons. The highest BCUT2D eigenvalue weighted by Crippen LogP contribution is 2.06. The van der Waals surface area contributed by atoms with Gasteiger partial charge in [0.25, 0.3) is 0 Å². The Morgan fingerprint density at radius 3 is 3.09 bits per heavy atom. The topological polar surface area (TPSA) is 29.5 Å². The van der Waals surface area contributed by atoms with Crippen LogP contribution in [0, 0.1) is 0 Å². The van der Waals surface area contributed by atoms with Crippen molar-refractivity contribution in [3.05, 3.63) is 0 Å². The van der Waals surface area contributed by atoms with Crippen LogP contribution in [0.3, 0.4) is 0 Å². The predicted octanol–water partition coefficient (Wildman–Crippen LogP) is 0.164. The van der Waals surface area contributed by atoms with E-state index in [0.717, 1.165) is 0 Å². The zero-order chi connectivity index (χ0) is 8.27. The minimum absolute atomic E-state index is 0.101. The Bertz CT molecular complexity index is 151. The van der Waals surface area contributed by atoms with E-state index < -0.39 is 0 Å². The van der Waals surface area contributed by atoms with Crippen LogP contribution in [0.5, 0.6) is 0 Å². The molecule has 1 aliphatic rings. The van der Waals surface area contributed by atoms with Crippen LogP contribution in [-0.2, 0) is 9.53 Å². The van der Waals surface area contributed by atoms with Gasteiger partial charge in [-0.05, 0) is 6.92 Å². The summed E-state index contributed by atoms with van der Waals surface area (Å²) in [6, 6.07) is 0.211. The molecular weight excluding hydrogens is 162 g/mol. The highest BCUT2D eigenvalue weighted by molar-refractivity contribution is 7.81. The van der Waals surface area contributed by atoms with E-state index in [-0.39, 0.29) is 11.9 Å². The standard InChI is InChI=1S/C7H13NO2S/c1-6-4-10-3-2-8(6)7(9)5-11/h6,11H,2-5H2,1H3. The first-order valence-electron chi connectivity index (χ1n) is 3.73. The highest BCUT2D eigenvalue weighted by atomic mass is 32.1. The van der Waals surface area contributed by atoms with Crippen molar-refractivity contribution < 1.29 is 9.53 Å². The molecule has 1 unspecified atom stereocenters. The molecule has 0 spiro atoms. The van der Waals surface area contributed by atoms with Gasteiger partial charge in [-0.2, -0.15) is 12.6 Å². The number of hydrogen-bond acceptors (Lipinski definition) is 3. The first kappa shape index (κ1) is 8.87. The maximum Gasteiger partial charge on any atom is 0.232 e. The van der Waals surface area contributed by atoms with Crippen LogP contribution in [0.15, 0.2) is 0 Å². The second-order valence-corrected chi connectivity index (χ2v) is 2.99. The predicted molar refractivity (Wildman–Crippen MR) is 45.8 cm³/mol. The van der Waals surface area contributed by atoms with Crippen molar-refractivity contribution in [2.45, 2.75) is 13.0 Å². The molecule has 1 heterocycles. The van der Waals surface area contributed by atoms with Crippen LogP contribution in [0.2, 0.25) is 0 Å². The number of carbonyl (C=O) groups is 1. The molecule has 0 saturated carbocycles. The summed E-state index contributed by atoms with van der Waals surface area (Å²) in [6.07, 6.45) is 0. The number of thiol groups is 1. The summed E-state index contributed by atoms with van der Waals surface area (Å²) < 4.78 is 5.19. The number of nitrogens with zero attached hydrogens (tertiary/aromatic N) is 1. The summed E-state index contributed by atoms with van der Waals surface area (Å²) in [4.78, 5) is 13.0. The average Bonchev–Trinajstić information content (AvgIpc) is 2.04. The second-order valence-electron chi connectivity index (χ2n) is 2.67. The van der Waals surface area contributed by atoms with E-state index in [2.05, 4.69) is 12.6 Å². The van der Waals surface area contributed by atoms with E-state index >= 15 is 0 Å². The number of carbonyl (C=O) groups excluding carboxylic acids is 1. The summed E-state index contributed by atoms with van der Waals surface area (Å²) in [5.74, 6) is 0.397. The monoisotopic (exact) mass is 175 g/mol. The lowest BCUT2D eigenvalue weighted by molar-refractivity contribution is -0.136. The van der Waals surface area contributed by atoms with Crippen molar-refractivity contribution in [1.82, 2.24) is 4.90 Å². The van der Waals surface area contributed by atoms with Gasteiger partial charge < -0.3 is 9.64 Å². The molecule has 0 aromatic rings. The number of rotatable bonds is 1. The Hall–Kier alpha value is -0.220. The Kier molecular flexibility index (Phi) is 3.20. The molecule has 1 amide bonds. The maximum atomic E-state index is 11.2. The van der Waals surface area contributed by atoms with Crippen molar-refractivity contribution in [2.75, 3.05) is 25.5 Å². The molecule has 0 aromatic carbocycles. The quantitative estimate of drug-likeness (QED) is 0.575. The van der Waals surface area contributed by atoms with Crippen LogP contribution in [0.25, 0.3) is 0 Å². The van der Waals surface area contributed by atoms with E-state index in [0.29, 0.717) is 25.5 Å². The number of amides is 1. The third-order valence-corrected chi connectivity index (χ3v) is 2.09. The minimum Gasteiger partial charge on any atom is -0.377 e. The molecule has 1 saturated heterocycles. The van der Waals surface area contributed by atoms with E-state index in [4.69, 9.17) is 4.74 Å². The summed E-state index contributed by atoms with van der Waals surface area (Å²) in [6.45, 7) is 4.00. The van der Waals surface area contributed by atoms with Crippen LogP contribution < -0.4 is 0 Å². The second kappa shape index (κ2) is 3.97. The lowest BCUT2D eigenvalue weighted by Gasteiger charge is -2.32. The zero-order valence-corrected chi connectivity index (χ0v) is 7.51. The highest BCUT2D eigenvalue weighted by Gasteiger charge is 2.21. The smallest absolute Gasteiger partial charge is 0.232 e. The summed E-state index contributed by atoms with van der Waals surface area (Å²) >= 11 is 3.93. The molecule has 0 N–H and O–H groups in total. The van der Waals surface area contributed by atoms with Crippen LogP contribution in [0.4, 0.5) is 0 Å². The van der Waals surface area contributed by atoms with E-state index in [9.17, 15) is 4.79 Å². The Morgan fingerprint density at radius 2 is 2.55 bits per heavy atom. The molecule has 3 nitrogen and oxygen atoms in total. The number of ether oxygens (including phenoxy) is 1. The molecular formula is C7H13NO2S.